The molecule has 0 bridgehead atoms. The maximum atomic E-state index is 15.6. The van der Waals surface area contributed by atoms with Gasteiger partial charge in [-0.1, -0.05) is 39.2 Å². The first-order valence-electron chi connectivity index (χ1n) is 18.6. The molecule has 4 atom stereocenters. The van der Waals surface area contributed by atoms with E-state index in [2.05, 4.69) is 45.1 Å². The topological polar surface area (TPSA) is 104 Å². The molecule has 11 heteroatoms. The number of fused-ring (bicyclic) bond motifs is 9. The van der Waals surface area contributed by atoms with E-state index in [9.17, 15) is 13.2 Å². The van der Waals surface area contributed by atoms with Gasteiger partial charge in [0.1, 0.15) is 11.3 Å². The second-order valence-corrected chi connectivity index (χ2v) is 17.9. The first-order valence-corrected chi connectivity index (χ1v) is 20.1. The van der Waals surface area contributed by atoms with Crippen LogP contribution in [0.15, 0.2) is 36.4 Å². The fourth-order valence-electron chi connectivity index (χ4n) is 9.91. The molecular formula is C39H51N5O5S. The summed E-state index contributed by atoms with van der Waals surface area (Å²) in [6, 6.07) is 12.4. The molecule has 0 radical (unpaired) electrons. The molecule has 50 heavy (non-hydrogen) atoms. The van der Waals surface area contributed by atoms with Crippen molar-refractivity contribution in [3.05, 3.63) is 53.1 Å². The van der Waals surface area contributed by atoms with Crippen molar-refractivity contribution in [2.24, 2.45) is 5.92 Å². The molecule has 2 aromatic carbocycles. The summed E-state index contributed by atoms with van der Waals surface area (Å²) in [6.07, 6.45) is 9.61. The largest absolute Gasteiger partial charge is 0.497 e. The monoisotopic (exact) mass is 701 g/mol. The quantitative estimate of drug-likeness (QED) is 0.318. The van der Waals surface area contributed by atoms with Crippen LogP contribution in [0.5, 0.6) is 5.75 Å². The van der Waals surface area contributed by atoms with Crippen molar-refractivity contribution in [1.82, 2.24) is 23.4 Å². The summed E-state index contributed by atoms with van der Waals surface area (Å²) in [6.45, 7) is 7.26. The van der Waals surface area contributed by atoms with Gasteiger partial charge in [-0.3, -0.25) is 14.5 Å². The lowest BCUT2D eigenvalue weighted by atomic mass is 9.80. The standard InChI is InChI=1S/C39H51N5O5S/c1-24(2)18-28-22-42-17-9-12-27(42)23-43(28)38(46)39-21-33(39)32-20-29(49-5)14-16-30(32)36-35(25-10-7-6-8-11-25)31-15-13-26(19-34(31)44(36)39)37(45)40-50(47,48)41(3)4/h13-16,19-20,24-25,27-28,33H,6-12,17-18,21-23H2,1-5H3,(H,40,45)/t27-,28-,33?,39?/m0/s1. The molecule has 10 nitrogen and oxygen atoms in total. The number of hydrogen-bond donors (Lipinski definition) is 1. The van der Waals surface area contributed by atoms with E-state index < -0.39 is 21.7 Å². The number of carbonyl (C=O) groups is 2. The van der Waals surface area contributed by atoms with Gasteiger partial charge in [0.25, 0.3) is 5.91 Å². The van der Waals surface area contributed by atoms with Crippen molar-refractivity contribution in [3.8, 4) is 17.0 Å². The number of nitrogens with zero attached hydrogens (tertiary/aromatic N) is 4. The molecule has 8 rings (SSSR count). The highest BCUT2D eigenvalue weighted by Gasteiger charge is 2.68. The minimum atomic E-state index is -3.99. The van der Waals surface area contributed by atoms with Gasteiger partial charge in [0.05, 0.1) is 18.3 Å². The third-order valence-electron chi connectivity index (χ3n) is 12.4. The average molecular weight is 702 g/mol. The van der Waals surface area contributed by atoms with E-state index in [0.717, 1.165) is 90.4 Å². The van der Waals surface area contributed by atoms with Gasteiger partial charge >= 0.3 is 10.2 Å². The number of piperazine rings is 1. The van der Waals surface area contributed by atoms with Crippen LogP contribution in [0.4, 0.5) is 0 Å². The van der Waals surface area contributed by atoms with Gasteiger partial charge in [-0.25, -0.2) is 4.72 Å². The highest BCUT2D eigenvalue weighted by Crippen LogP contribution is 2.67. The molecule has 2 aliphatic carbocycles. The summed E-state index contributed by atoms with van der Waals surface area (Å²) in [5.74, 6) is 1.04. The normalized spacial score (nSPS) is 26.5. The van der Waals surface area contributed by atoms with Crippen molar-refractivity contribution in [2.45, 2.75) is 101 Å². The number of hydrogen-bond acceptors (Lipinski definition) is 6. The van der Waals surface area contributed by atoms with Crippen LogP contribution in [0, 0.1) is 5.92 Å². The lowest BCUT2D eigenvalue weighted by molar-refractivity contribution is -0.143. The summed E-state index contributed by atoms with van der Waals surface area (Å²) < 4.78 is 36.7. The average Bonchev–Trinajstić information content (AvgIpc) is 3.53. The number of benzene rings is 2. The molecule has 2 amide bonds. The van der Waals surface area contributed by atoms with Crippen LogP contribution < -0.4 is 9.46 Å². The highest BCUT2D eigenvalue weighted by atomic mass is 32.2. The smallest absolute Gasteiger partial charge is 0.303 e. The molecule has 2 saturated heterocycles. The zero-order valence-corrected chi connectivity index (χ0v) is 30.9. The number of carbonyl (C=O) groups excluding carboxylic acids is 2. The van der Waals surface area contributed by atoms with Crippen molar-refractivity contribution in [2.75, 3.05) is 40.8 Å². The number of methoxy groups -OCH3 is 1. The van der Waals surface area contributed by atoms with Crippen LogP contribution in [0.2, 0.25) is 0 Å². The first-order chi connectivity index (χ1) is 23.9. The maximum Gasteiger partial charge on any atom is 0.303 e. The van der Waals surface area contributed by atoms with E-state index in [0.29, 0.717) is 24.3 Å². The Morgan fingerprint density at radius 3 is 2.52 bits per heavy atom. The predicted octanol–water partition coefficient (Wildman–Crippen LogP) is 5.82. The van der Waals surface area contributed by atoms with E-state index in [4.69, 9.17) is 4.74 Å². The molecule has 5 aliphatic rings. The van der Waals surface area contributed by atoms with Gasteiger partial charge in [-0.2, -0.15) is 12.7 Å². The van der Waals surface area contributed by atoms with Gasteiger partial charge in [-0.05, 0) is 98.4 Å². The number of nitrogens with one attached hydrogen (secondary N) is 1. The van der Waals surface area contributed by atoms with Crippen LogP contribution in [-0.4, -0.2) is 91.8 Å². The van der Waals surface area contributed by atoms with Crippen LogP contribution in [0.25, 0.3) is 22.2 Å². The van der Waals surface area contributed by atoms with Gasteiger partial charge in [0.15, 0.2) is 0 Å². The molecule has 0 spiro atoms. The fraction of sp³-hybridized carbons (Fsp3) is 0.590. The van der Waals surface area contributed by atoms with E-state index in [1.54, 1.807) is 13.2 Å². The van der Waals surface area contributed by atoms with Gasteiger partial charge in [0.2, 0.25) is 5.91 Å². The Morgan fingerprint density at radius 2 is 1.80 bits per heavy atom. The number of rotatable bonds is 8. The molecule has 1 aromatic heterocycles. The zero-order chi connectivity index (χ0) is 35.1. The molecule has 2 saturated carbocycles. The van der Waals surface area contributed by atoms with Gasteiger partial charge < -0.3 is 14.2 Å². The summed E-state index contributed by atoms with van der Waals surface area (Å²) in [7, 11) is 0.494. The second kappa shape index (κ2) is 12.4. The Morgan fingerprint density at radius 1 is 1.02 bits per heavy atom. The summed E-state index contributed by atoms with van der Waals surface area (Å²) in [5.41, 5.74) is 4.92. The van der Waals surface area contributed by atoms with E-state index in [1.807, 2.05) is 18.2 Å². The summed E-state index contributed by atoms with van der Waals surface area (Å²) in [5, 5.41) is 1.06. The second-order valence-electron chi connectivity index (χ2n) is 16.0. The Bertz CT molecular complexity index is 1960. The van der Waals surface area contributed by atoms with E-state index in [1.165, 1.54) is 38.1 Å². The Balaban J connectivity index is 1.34. The number of amides is 2. The van der Waals surface area contributed by atoms with E-state index in [-0.39, 0.29) is 23.4 Å². The number of aromatic nitrogens is 1. The molecule has 3 aromatic rings. The maximum absolute atomic E-state index is 15.6. The molecule has 268 valence electrons. The fourth-order valence-corrected chi connectivity index (χ4v) is 10.4. The lowest BCUT2D eigenvalue weighted by Gasteiger charge is -2.46. The minimum Gasteiger partial charge on any atom is -0.497 e. The molecule has 3 aliphatic heterocycles. The molecular weight excluding hydrogens is 651 g/mol. The van der Waals surface area contributed by atoms with Crippen molar-refractivity contribution in [1.29, 1.82) is 0 Å². The highest BCUT2D eigenvalue weighted by molar-refractivity contribution is 7.87. The molecule has 1 N–H and O–H groups in total. The Labute approximate surface area is 296 Å². The zero-order valence-electron chi connectivity index (χ0n) is 30.1. The number of ether oxygens (including phenoxy) is 1. The van der Waals surface area contributed by atoms with Crippen LogP contribution >= 0.6 is 0 Å². The predicted molar refractivity (Wildman–Crippen MR) is 195 cm³/mol. The van der Waals surface area contributed by atoms with Crippen molar-refractivity contribution < 1.29 is 22.7 Å². The van der Waals surface area contributed by atoms with Crippen LogP contribution in [0.3, 0.4) is 0 Å². The van der Waals surface area contributed by atoms with Crippen LogP contribution in [0.1, 0.15) is 105 Å². The molecule has 4 fully saturated rings. The Hall–Kier alpha value is -3.41. The third-order valence-corrected chi connectivity index (χ3v) is 13.8. The lowest BCUT2D eigenvalue weighted by Crippen LogP contribution is -2.61. The molecule has 4 heterocycles. The molecule has 2 unspecified atom stereocenters. The summed E-state index contributed by atoms with van der Waals surface area (Å²) >= 11 is 0. The van der Waals surface area contributed by atoms with E-state index >= 15 is 4.79 Å². The van der Waals surface area contributed by atoms with Crippen LogP contribution in [-0.2, 0) is 20.5 Å². The van der Waals surface area contributed by atoms with Gasteiger partial charge in [-0.15, -0.1) is 0 Å². The minimum absolute atomic E-state index is 0.0321. The van der Waals surface area contributed by atoms with Gasteiger partial charge in [0, 0.05) is 61.7 Å². The first kappa shape index (κ1) is 33.7. The SMILES string of the molecule is COc1ccc2c(c1)C1CC1(C(=O)N1C[C@@H]3CCCN3C[C@@H]1CC(C)C)n1c-2c(C2CCCCC2)c2ccc(C(=O)NS(=O)(=O)N(C)C)cc21. The summed E-state index contributed by atoms with van der Waals surface area (Å²) in [4.78, 5) is 34.0. The Kier molecular flexibility index (Phi) is 8.34. The van der Waals surface area contributed by atoms with Crippen molar-refractivity contribution in [3.63, 3.8) is 0 Å². The third kappa shape index (κ3) is 5.29. The van der Waals surface area contributed by atoms with Crippen molar-refractivity contribution >= 4 is 32.9 Å².